The molecular weight excluding hydrogens is 967 g/mol. The van der Waals surface area contributed by atoms with Crippen molar-refractivity contribution >= 4 is 11.9 Å². The molecule has 1 saturated heterocycles. The van der Waals surface area contributed by atoms with Crippen molar-refractivity contribution in [2.24, 2.45) is 0 Å². The van der Waals surface area contributed by atoms with Gasteiger partial charge >= 0.3 is 5.97 Å². The minimum Gasteiger partial charge on any atom is -0.454 e. The maximum Gasteiger partial charge on any atom is 0.306 e. The third kappa shape index (κ3) is 41.7. The molecule has 1 rings (SSSR count). The van der Waals surface area contributed by atoms with E-state index < -0.39 is 67.4 Å². The van der Waals surface area contributed by atoms with Gasteiger partial charge in [-0.15, -0.1) is 0 Å². The molecule has 0 bridgehead atoms. The lowest BCUT2D eigenvalue weighted by Crippen LogP contribution is -2.61. The Labute approximate surface area is 471 Å². The number of carbonyl (C=O) groups is 2. The lowest BCUT2D eigenvalue weighted by molar-refractivity contribution is -0.305. The molecule has 11 heteroatoms. The van der Waals surface area contributed by atoms with Gasteiger partial charge in [-0.3, -0.25) is 9.59 Å². The normalized spacial score (nSPS) is 19.5. The van der Waals surface area contributed by atoms with Crippen LogP contribution in [-0.2, 0) is 23.8 Å². The number of aliphatic hydroxyl groups excluding tert-OH is 5. The van der Waals surface area contributed by atoms with E-state index in [9.17, 15) is 35.1 Å². The van der Waals surface area contributed by atoms with E-state index in [0.717, 1.165) is 89.9 Å². The zero-order chi connectivity index (χ0) is 56.1. The zero-order valence-electron chi connectivity index (χ0n) is 49.3. The van der Waals surface area contributed by atoms with Crippen molar-refractivity contribution in [3.05, 3.63) is 72.9 Å². The molecule has 0 aromatic carbocycles. The average Bonchev–Trinajstić information content (AvgIpc) is 3.43. The highest BCUT2D eigenvalue weighted by atomic mass is 16.7. The number of aliphatic hydroxyl groups is 5. The Morgan fingerprint density at radius 1 is 0.519 bits per heavy atom. The van der Waals surface area contributed by atoms with Crippen LogP contribution in [0.1, 0.15) is 271 Å². The summed E-state index contributed by atoms with van der Waals surface area (Å²) in [5.41, 5.74) is 0. The average molecular weight is 1080 g/mol. The van der Waals surface area contributed by atoms with Gasteiger partial charge in [-0.05, 0) is 70.6 Å². The van der Waals surface area contributed by atoms with Crippen LogP contribution >= 0.6 is 0 Å². The highest BCUT2D eigenvalue weighted by Crippen LogP contribution is 2.26. The molecular formula is C66H117NO10. The van der Waals surface area contributed by atoms with E-state index in [2.05, 4.69) is 86.8 Å². The number of amides is 1. The predicted molar refractivity (Wildman–Crippen MR) is 319 cm³/mol. The van der Waals surface area contributed by atoms with Gasteiger partial charge in [-0.2, -0.15) is 0 Å². The molecule has 6 N–H and O–H groups in total. The molecule has 77 heavy (non-hydrogen) atoms. The fraction of sp³-hybridized carbons (Fsp3) is 0.788. The summed E-state index contributed by atoms with van der Waals surface area (Å²) in [4.78, 5) is 26.5. The maximum absolute atomic E-state index is 13.4. The van der Waals surface area contributed by atoms with E-state index in [4.69, 9.17) is 14.2 Å². The van der Waals surface area contributed by atoms with Gasteiger partial charge < -0.3 is 45.1 Å². The second-order valence-electron chi connectivity index (χ2n) is 21.8. The molecule has 8 unspecified atom stereocenters. The van der Waals surface area contributed by atoms with Crippen LogP contribution in [0, 0.1) is 0 Å². The van der Waals surface area contributed by atoms with Gasteiger partial charge in [0.1, 0.15) is 24.4 Å². The van der Waals surface area contributed by atoms with Crippen molar-refractivity contribution in [2.75, 3.05) is 13.2 Å². The van der Waals surface area contributed by atoms with Crippen molar-refractivity contribution in [1.29, 1.82) is 0 Å². The van der Waals surface area contributed by atoms with Gasteiger partial charge in [-0.25, -0.2) is 0 Å². The summed E-state index contributed by atoms with van der Waals surface area (Å²) in [6, 6.07) is -1.04. The molecule has 8 atom stereocenters. The quantitative estimate of drug-likeness (QED) is 0.0195. The molecule has 11 nitrogen and oxygen atoms in total. The number of hydrogen-bond acceptors (Lipinski definition) is 10. The maximum atomic E-state index is 13.4. The lowest BCUT2D eigenvalue weighted by Gasteiger charge is -2.41. The van der Waals surface area contributed by atoms with E-state index in [0.29, 0.717) is 12.8 Å². The minimum atomic E-state index is -1.62. The van der Waals surface area contributed by atoms with Gasteiger partial charge in [0.25, 0.3) is 0 Å². The van der Waals surface area contributed by atoms with Crippen molar-refractivity contribution in [3.8, 4) is 0 Å². The van der Waals surface area contributed by atoms with Crippen LogP contribution in [0.2, 0.25) is 0 Å². The fourth-order valence-electron chi connectivity index (χ4n) is 9.62. The number of ether oxygens (including phenoxy) is 3. The van der Waals surface area contributed by atoms with E-state index in [1.165, 1.54) is 135 Å². The molecule has 1 aliphatic heterocycles. The second kappa shape index (κ2) is 53.7. The summed E-state index contributed by atoms with van der Waals surface area (Å²) in [7, 11) is 0. The predicted octanol–water partition coefficient (Wildman–Crippen LogP) is 15.2. The Bertz CT molecular complexity index is 1530. The van der Waals surface area contributed by atoms with E-state index in [-0.39, 0.29) is 19.4 Å². The van der Waals surface area contributed by atoms with Crippen LogP contribution in [-0.4, -0.2) is 99.6 Å². The highest BCUT2D eigenvalue weighted by molar-refractivity contribution is 5.80. The first-order chi connectivity index (χ1) is 37.7. The van der Waals surface area contributed by atoms with Crippen LogP contribution < -0.4 is 5.32 Å². The molecule has 1 fully saturated rings. The van der Waals surface area contributed by atoms with Crippen LogP contribution in [0.25, 0.3) is 0 Å². The first-order valence-corrected chi connectivity index (χ1v) is 31.7. The minimum absolute atomic E-state index is 0.121. The number of carbonyl (C=O) groups excluding carboxylic acids is 2. The van der Waals surface area contributed by atoms with Crippen molar-refractivity contribution < 1.29 is 49.3 Å². The molecule has 0 radical (unpaired) electrons. The van der Waals surface area contributed by atoms with Gasteiger partial charge in [0, 0.05) is 6.42 Å². The van der Waals surface area contributed by atoms with Crippen LogP contribution in [0.3, 0.4) is 0 Å². The van der Waals surface area contributed by atoms with Gasteiger partial charge in [-0.1, -0.05) is 267 Å². The molecule has 0 aromatic heterocycles. The second-order valence-corrected chi connectivity index (χ2v) is 21.8. The molecule has 0 spiro atoms. The van der Waals surface area contributed by atoms with E-state index >= 15 is 0 Å². The van der Waals surface area contributed by atoms with Crippen LogP contribution in [0.5, 0.6) is 0 Å². The Morgan fingerprint density at radius 2 is 0.935 bits per heavy atom. The largest absolute Gasteiger partial charge is 0.454 e. The fourth-order valence-corrected chi connectivity index (χ4v) is 9.62. The smallest absolute Gasteiger partial charge is 0.306 e. The SMILES string of the molecule is CC/C=C\C/C=C\C/C=C\C/C=C\C/C=C\CCCCC(O)C(=O)NC(COC1OC(CO)C(O)C(O)C1OC(=O)CCCCCCCCCCCCCCCCCCCCC)C(O)/C=C/CCCCCCCCCCC. The Balaban J connectivity index is 2.67. The van der Waals surface area contributed by atoms with Gasteiger partial charge in [0.2, 0.25) is 5.91 Å². The van der Waals surface area contributed by atoms with Crippen LogP contribution in [0.15, 0.2) is 72.9 Å². The molecule has 0 aliphatic carbocycles. The standard InChI is InChI=1S/C66H117NO10/c1-4-7-10-13-16-19-22-24-26-28-30-32-34-36-39-42-45-48-51-54-61(71)77-64-63(73)62(72)60(55-68)76-66(64)75-56-57(58(69)52-49-46-43-40-37-21-18-15-12-9-6-3)67-65(74)59(70)53-50-47-44-41-38-35-33-31-29-27-25-23-20-17-14-11-8-5-2/h8,11,17,20,25,27,31,33,38,41,49,52,57-60,62-64,66,68-70,72-73H,4-7,9-10,12-16,18-19,21-24,26,28-30,32,34-37,39-40,42-48,50-51,53-56H2,1-3H3,(H,67,74)/b11-8-,20-17-,27-25-,33-31-,41-38-,52-49+. The van der Waals surface area contributed by atoms with Crippen molar-refractivity contribution in [1.82, 2.24) is 5.32 Å². The van der Waals surface area contributed by atoms with E-state index in [1.54, 1.807) is 6.08 Å². The number of unbranched alkanes of at least 4 members (excludes halogenated alkanes) is 29. The highest BCUT2D eigenvalue weighted by Gasteiger charge is 2.47. The first-order valence-electron chi connectivity index (χ1n) is 31.7. The van der Waals surface area contributed by atoms with Gasteiger partial charge in [0.15, 0.2) is 12.4 Å². The third-order valence-electron chi connectivity index (χ3n) is 14.6. The molecule has 1 amide bonds. The Kier molecular flexibility index (Phi) is 50.3. The van der Waals surface area contributed by atoms with Crippen LogP contribution in [0.4, 0.5) is 0 Å². The van der Waals surface area contributed by atoms with Crippen molar-refractivity contribution in [3.63, 3.8) is 0 Å². The van der Waals surface area contributed by atoms with Crippen molar-refractivity contribution in [2.45, 2.75) is 320 Å². The Hall–Kier alpha value is -2.90. The summed E-state index contributed by atoms with van der Waals surface area (Å²) < 4.78 is 17.6. The molecule has 0 saturated carbocycles. The summed E-state index contributed by atoms with van der Waals surface area (Å²) >= 11 is 0. The number of hydrogen-bond donors (Lipinski definition) is 6. The number of rotatable bonds is 53. The first kappa shape index (κ1) is 72.1. The van der Waals surface area contributed by atoms with Gasteiger partial charge in [0.05, 0.1) is 25.4 Å². The topological polar surface area (TPSA) is 175 Å². The summed E-state index contributed by atoms with van der Waals surface area (Å²) in [6.45, 7) is 5.66. The third-order valence-corrected chi connectivity index (χ3v) is 14.6. The summed E-state index contributed by atoms with van der Waals surface area (Å²) in [5, 5.41) is 56.9. The molecule has 446 valence electrons. The molecule has 0 aromatic rings. The van der Waals surface area contributed by atoms with E-state index in [1.807, 2.05) is 6.08 Å². The number of allylic oxidation sites excluding steroid dienone is 11. The zero-order valence-corrected chi connectivity index (χ0v) is 49.3. The monoisotopic (exact) mass is 1080 g/mol. The molecule has 1 heterocycles. The number of esters is 1. The number of nitrogens with one attached hydrogen (secondary N) is 1. The molecule has 1 aliphatic rings. The summed E-state index contributed by atoms with van der Waals surface area (Å²) in [5.74, 6) is -1.22. The Morgan fingerprint density at radius 3 is 1.40 bits per heavy atom. The summed E-state index contributed by atoms with van der Waals surface area (Å²) in [6.07, 6.45) is 58.0. The lowest BCUT2D eigenvalue weighted by atomic mass is 9.99.